The molecule has 0 unspecified atom stereocenters. The first kappa shape index (κ1) is 15.2. The van der Waals surface area contributed by atoms with Gasteiger partial charge >= 0.3 is 0 Å². The van der Waals surface area contributed by atoms with E-state index >= 15 is 0 Å². The molecule has 0 fully saturated rings. The van der Waals surface area contributed by atoms with Gasteiger partial charge in [-0.1, -0.05) is 29.8 Å². The average molecular weight is 357 g/mol. The predicted molar refractivity (Wildman–Crippen MR) is 95.4 cm³/mol. The van der Waals surface area contributed by atoms with Gasteiger partial charge in [-0.2, -0.15) is 13.8 Å². The fourth-order valence-corrected chi connectivity index (χ4v) is 3.42. The molecule has 7 heteroatoms. The number of amides is 1. The van der Waals surface area contributed by atoms with Gasteiger partial charge in [-0.05, 0) is 35.4 Å². The van der Waals surface area contributed by atoms with E-state index in [2.05, 4.69) is 13.8 Å². The zero-order valence-electron chi connectivity index (χ0n) is 12.6. The van der Waals surface area contributed by atoms with Crippen LogP contribution in [0.2, 0.25) is 5.02 Å². The monoisotopic (exact) mass is 356 g/mol. The van der Waals surface area contributed by atoms with Crippen LogP contribution in [0.4, 0.5) is 0 Å². The lowest BCUT2D eigenvalue weighted by Crippen LogP contribution is -2.25. The number of hydrazone groups is 1. The van der Waals surface area contributed by atoms with E-state index in [0.717, 1.165) is 34.3 Å². The van der Waals surface area contributed by atoms with E-state index in [-0.39, 0.29) is 5.91 Å². The molecule has 2 aromatic carbocycles. The van der Waals surface area contributed by atoms with Gasteiger partial charge in [0.15, 0.2) is 0 Å². The molecule has 0 spiro atoms. The number of carbonyl (C=O) groups is 1. The molecule has 0 bridgehead atoms. The SMILES string of the molecule is O=C(Cc1ccc2nsnc2c1)N1CCC(c2cccc(Cl)c2)=N1. The Bertz CT molecular complexity index is 952. The van der Waals surface area contributed by atoms with Crippen LogP contribution in [0, 0.1) is 0 Å². The highest BCUT2D eigenvalue weighted by atomic mass is 35.5. The average Bonchev–Trinajstić information content (AvgIpc) is 3.24. The molecule has 0 saturated heterocycles. The first-order valence-corrected chi connectivity index (χ1v) is 8.65. The summed E-state index contributed by atoms with van der Waals surface area (Å²) >= 11 is 7.20. The van der Waals surface area contributed by atoms with E-state index in [9.17, 15) is 4.79 Å². The highest BCUT2D eigenvalue weighted by Crippen LogP contribution is 2.19. The summed E-state index contributed by atoms with van der Waals surface area (Å²) in [6, 6.07) is 13.3. The number of rotatable bonds is 3. The van der Waals surface area contributed by atoms with Crippen LogP contribution in [0.15, 0.2) is 47.6 Å². The van der Waals surface area contributed by atoms with Gasteiger partial charge in [0, 0.05) is 11.4 Å². The fourth-order valence-electron chi connectivity index (χ4n) is 2.71. The van der Waals surface area contributed by atoms with Crippen molar-refractivity contribution in [2.45, 2.75) is 12.8 Å². The predicted octanol–water partition coefficient (Wildman–Crippen LogP) is 3.52. The van der Waals surface area contributed by atoms with Crippen molar-refractivity contribution in [3.05, 3.63) is 58.6 Å². The van der Waals surface area contributed by atoms with Gasteiger partial charge in [0.1, 0.15) is 11.0 Å². The van der Waals surface area contributed by atoms with Crippen LogP contribution in [-0.2, 0) is 11.2 Å². The van der Waals surface area contributed by atoms with E-state index in [1.165, 1.54) is 11.7 Å². The number of hydrogen-bond donors (Lipinski definition) is 0. The second-order valence-electron chi connectivity index (χ2n) is 5.59. The Balaban J connectivity index is 1.50. The Morgan fingerprint density at radius 3 is 2.92 bits per heavy atom. The van der Waals surface area contributed by atoms with Gasteiger partial charge in [0.25, 0.3) is 0 Å². The Morgan fingerprint density at radius 2 is 2.04 bits per heavy atom. The van der Waals surface area contributed by atoms with E-state index in [1.807, 2.05) is 42.5 Å². The van der Waals surface area contributed by atoms with Crippen LogP contribution in [0.1, 0.15) is 17.5 Å². The maximum atomic E-state index is 12.5. The lowest BCUT2D eigenvalue weighted by atomic mass is 10.1. The molecule has 3 aromatic rings. The van der Waals surface area contributed by atoms with Crippen LogP contribution in [-0.4, -0.2) is 31.9 Å². The van der Waals surface area contributed by atoms with Gasteiger partial charge in [0.2, 0.25) is 5.91 Å². The number of nitrogens with zero attached hydrogens (tertiary/aromatic N) is 4. The van der Waals surface area contributed by atoms with Crippen molar-refractivity contribution in [1.82, 2.24) is 13.8 Å². The molecule has 1 aliphatic heterocycles. The minimum Gasteiger partial charge on any atom is -0.273 e. The molecular weight excluding hydrogens is 344 g/mol. The van der Waals surface area contributed by atoms with Crippen LogP contribution >= 0.6 is 23.3 Å². The van der Waals surface area contributed by atoms with Gasteiger partial charge in [-0.15, -0.1) is 0 Å². The summed E-state index contributed by atoms with van der Waals surface area (Å²) in [6.07, 6.45) is 1.04. The third kappa shape index (κ3) is 3.02. The maximum Gasteiger partial charge on any atom is 0.247 e. The van der Waals surface area contributed by atoms with E-state index in [4.69, 9.17) is 11.6 Å². The number of hydrogen-bond acceptors (Lipinski definition) is 5. The first-order chi connectivity index (χ1) is 11.7. The summed E-state index contributed by atoms with van der Waals surface area (Å²) in [5, 5.41) is 6.68. The summed E-state index contributed by atoms with van der Waals surface area (Å²) in [7, 11) is 0. The highest BCUT2D eigenvalue weighted by molar-refractivity contribution is 7.00. The molecule has 120 valence electrons. The molecule has 0 aliphatic carbocycles. The van der Waals surface area contributed by atoms with Crippen LogP contribution < -0.4 is 0 Å². The third-order valence-corrected chi connectivity index (χ3v) is 4.71. The zero-order chi connectivity index (χ0) is 16.5. The molecule has 1 amide bonds. The van der Waals surface area contributed by atoms with Crippen LogP contribution in [0.25, 0.3) is 11.0 Å². The first-order valence-electron chi connectivity index (χ1n) is 7.54. The highest BCUT2D eigenvalue weighted by Gasteiger charge is 2.22. The largest absolute Gasteiger partial charge is 0.273 e. The Labute approximate surface area is 147 Å². The molecule has 2 heterocycles. The number of fused-ring (bicyclic) bond motifs is 1. The second-order valence-corrected chi connectivity index (χ2v) is 6.55. The third-order valence-electron chi connectivity index (χ3n) is 3.92. The van der Waals surface area contributed by atoms with E-state index < -0.39 is 0 Å². The lowest BCUT2D eigenvalue weighted by molar-refractivity contribution is -0.130. The zero-order valence-corrected chi connectivity index (χ0v) is 14.2. The number of carbonyl (C=O) groups excluding carboxylic acids is 1. The van der Waals surface area contributed by atoms with Crippen molar-refractivity contribution in [3.63, 3.8) is 0 Å². The maximum absolute atomic E-state index is 12.5. The summed E-state index contributed by atoms with van der Waals surface area (Å²) in [5.41, 5.74) is 4.47. The molecule has 0 saturated carbocycles. The summed E-state index contributed by atoms with van der Waals surface area (Å²) < 4.78 is 8.38. The molecule has 5 nitrogen and oxygen atoms in total. The standard InChI is InChI=1S/C17H13ClN4OS/c18-13-3-1-2-12(10-13)14-6-7-22(19-14)17(23)9-11-4-5-15-16(8-11)21-24-20-15/h1-5,8,10H,6-7,9H2. The number of halogens is 1. The summed E-state index contributed by atoms with van der Waals surface area (Å²) in [6.45, 7) is 0.598. The van der Waals surface area contributed by atoms with Crippen LogP contribution in [0.3, 0.4) is 0 Å². The Morgan fingerprint density at radius 1 is 1.17 bits per heavy atom. The molecule has 1 aliphatic rings. The van der Waals surface area contributed by atoms with Crippen molar-refractivity contribution >= 4 is 46.0 Å². The van der Waals surface area contributed by atoms with Crippen molar-refractivity contribution in [2.75, 3.05) is 6.54 Å². The van der Waals surface area contributed by atoms with E-state index in [0.29, 0.717) is 18.0 Å². The normalized spacial score (nSPS) is 14.2. The molecule has 1 aromatic heterocycles. The Hall–Kier alpha value is -2.31. The van der Waals surface area contributed by atoms with Crippen molar-refractivity contribution in [2.24, 2.45) is 5.10 Å². The summed E-state index contributed by atoms with van der Waals surface area (Å²) in [5.74, 6) is -0.0189. The van der Waals surface area contributed by atoms with E-state index in [1.54, 1.807) is 5.01 Å². The van der Waals surface area contributed by atoms with Crippen molar-refractivity contribution in [3.8, 4) is 0 Å². The summed E-state index contributed by atoms with van der Waals surface area (Å²) in [4.78, 5) is 12.5. The molecule has 0 N–H and O–H groups in total. The number of aromatic nitrogens is 2. The minimum atomic E-state index is -0.0189. The van der Waals surface area contributed by atoms with Gasteiger partial charge < -0.3 is 0 Å². The molecule has 24 heavy (non-hydrogen) atoms. The molecule has 0 radical (unpaired) electrons. The van der Waals surface area contributed by atoms with Gasteiger partial charge in [0.05, 0.1) is 30.4 Å². The lowest BCUT2D eigenvalue weighted by Gasteiger charge is -2.11. The smallest absolute Gasteiger partial charge is 0.247 e. The fraction of sp³-hybridized carbons (Fsp3) is 0.176. The quantitative estimate of drug-likeness (QED) is 0.721. The van der Waals surface area contributed by atoms with Gasteiger partial charge in [-0.3, -0.25) is 4.79 Å². The minimum absolute atomic E-state index is 0.0189. The van der Waals surface area contributed by atoms with Crippen LogP contribution in [0.5, 0.6) is 0 Å². The Kier molecular flexibility index (Phi) is 4.00. The second kappa shape index (κ2) is 6.30. The topological polar surface area (TPSA) is 58.5 Å². The number of benzene rings is 2. The molecule has 0 atom stereocenters. The molecule has 4 rings (SSSR count). The molecular formula is C17H13ClN4OS. The van der Waals surface area contributed by atoms with Gasteiger partial charge in [-0.25, -0.2) is 5.01 Å². The van der Waals surface area contributed by atoms with Crippen molar-refractivity contribution in [1.29, 1.82) is 0 Å². The van der Waals surface area contributed by atoms with Crippen molar-refractivity contribution < 1.29 is 4.79 Å².